The van der Waals surface area contributed by atoms with Crippen LogP contribution < -0.4 is 4.74 Å². The van der Waals surface area contributed by atoms with Crippen molar-refractivity contribution in [2.45, 2.75) is 23.5 Å². The van der Waals surface area contributed by atoms with Crippen LogP contribution in [0.25, 0.3) is 0 Å². The van der Waals surface area contributed by atoms with E-state index in [2.05, 4.69) is 28.1 Å². The van der Waals surface area contributed by atoms with Crippen LogP contribution >= 0.6 is 11.6 Å². The zero-order chi connectivity index (χ0) is 24.0. The van der Waals surface area contributed by atoms with Gasteiger partial charge in [0.05, 0.1) is 29.9 Å². The van der Waals surface area contributed by atoms with Crippen LogP contribution in [-0.2, 0) is 15.9 Å². The number of rotatable bonds is 4. The number of ether oxygens (including phenoxy) is 2. The van der Waals surface area contributed by atoms with Crippen molar-refractivity contribution in [3.8, 4) is 11.8 Å². The highest BCUT2D eigenvalue weighted by Crippen LogP contribution is 2.68. The van der Waals surface area contributed by atoms with Crippen LogP contribution in [0.2, 0.25) is 5.02 Å². The summed E-state index contributed by atoms with van der Waals surface area (Å²) in [7, 11) is 0. The monoisotopic (exact) mass is 487 g/mol. The smallest absolute Gasteiger partial charge is 0.175 e. The zero-order valence-electron chi connectivity index (χ0n) is 19.2. The second-order valence-corrected chi connectivity index (χ2v) is 10.0. The summed E-state index contributed by atoms with van der Waals surface area (Å²) in [6, 6.07) is 21.6. The van der Waals surface area contributed by atoms with Gasteiger partial charge < -0.3 is 14.6 Å². The van der Waals surface area contributed by atoms with Gasteiger partial charge in [0.1, 0.15) is 11.4 Å². The summed E-state index contributed by atoms with van der Waals surface area (Å²) in [4.78, 5) is 7.00. The van der Waals surface area contributed by atoms with E-state index in [0.717, 1.165) is 30.6 Å². The fourth-order valence-corrected chi connectivity index (χ4v) is 6.44. The maximum absolute atomic E-state index is 12.9. The Kier molecular flexibility index (Phi) is 5.54. The molecule has 3 aromatic rings. The summed E-state index contributed by atoms with van der Waals surface area (Å²) in [5.74, 6) is 0.231. The van der Waals surface area contributed by atoms with E-state index in [1.807, 2.05) is 30.3 Å². The van der Waals surface area contributed by atoms with Crippen molar-refractivity contribution in [2.75, 3.05) is 32.8 Å². The Morgan fingerprint density at radius 1 is 1.11 bits per heavy atom. The lowest BCUT2D eigenvalue weighted by Crippen LogP contribution is -2.53. The van der Waals surface area contributed by atoms with Crippen LogP contribution in [0.5, 0.6) is 5.75 Å². The van der Waals surface area contributed by atoms with Crippen molar-refractivity contribution in [1.29, 1.82) is 5.26 Å². The number of aromatic nitrogens is 1. The van der Waals surface area contributed by atoms with Crippen molar-refractivity contribution in [1.82, 2.24) is 9.88 Å². The number of fused-ring (bicyclic) bond motifs is 3. The Balaban J connectivity index is 1.56. The van der Waals surface area contributed by atoms with Crippen LogP contribution in [0.4, 0.5) is 0 Å². The molecule has 0 amide bonds. The normalized spacial score (nSPS) is 29.7. The molecule has 3 aliphatic rings. The third kappa shape index (κ3) is 3.38. The molecule has 2 fully saturated rings. The number of aliphatic hydroxyl groups is 1. The molecule has 1 saturated heterocycles. The molecule has 2 aliphatic heterocycles. The molecule has 1 N–H and O–H groups in total. The van der Waals surface area contributed by atoms with Gasteiger partial charge in [-0.25, -0.2) is 0 Å². The number of hydrogen-bond acceptors (Lipinski definition) is 6. The molecule has 35 heavy (non-hydrogen) atoms. The maximum Gasteiger partial charge on any atom is 0.175 e. The summed E-state index contributed by atoms with van der Waals surface area (Å²) >= 11 is 6.32. The van der Waals surface area contributed by atoms with Gasteiger partial charge >= 0.3 is 0 Å². The summed E-state index contributed by atoms with van der Waals surface area (Å²) in [6.45, 7) is 3.74. The van der Waals surface area contributed by atoms with E-state index in [-0.39, 0.29) is 11.8 Å². The third-order valence-electron chi connectivity index (χ3n) is 7.85. The molecule has 0 bridgehead atoms. The molecule has 3 heterocycles. The van der Waals surface area contributed by atoms with Gasteiger partial charge in [-0.1, -0.05) is 54.1 Å². The van der Waals surface area contributed by atoms with E-state index >= 15 is 0 Å². The Morgan fingerprint density at radius 3 is 2.57 bits per heavy atom. The molecule has 2 aromatic carbocycles. The lowest BCUT2D eigenvalue weighted by Gasteiger charge is -2.42. The van der Waals surface area contributed by atoms with Crippen LogP contribution in [-0.4, -0.2) is 47.8 Å². The summed E-state index contributed by atoms with van der Waals surface area (Å²) in [5.41, 5.74) is 0.511. The minimum Gasteiger partial charge on any atom is -0.476 e. The fourth-order valence-electron chi connectivity index (χ4n) is 6.30. The van der Waals surface area contributed by atoms with Gasteiger partial charge in [0, 0.05) is 43.7 Å². The van der Waals surface area contributed by atoms with Crippen LogP contribution in [0.1, 0.15) is 34.7 Å². The van der Waals surface area contributed by atoms with Crippen molar-refractivity contribution in [3.63, 3.8) is 0 Å². The van der Waals surface area contributed by atoms with E-state index in [0.29, 0.717) is 41.8 Å². The van der Waals surface area contributed by atoms with E-state index in [1.165, 1.54) is 0 Å². The Bertz CT molecular complexity index is 1270. The average molecular weight is 488 g/mol. The van der Waals surface area contributed by atoms with Crippen LogP contribution in [0, 0.1) is 17.2 Å². The molecule has 178 valence electrons. The molecule has 6 rings (SSSR count). The topological polar surface area (TPSA) is 78.6 Å². The molecule has 6 nitrogen and oxygen atoms in total. The van der Waals surface area contributed by atoms with Gasteiger partial charge in [0.25, 0.3) is 0 Å². The summed E-state index contributed by atoms with van der Waals surface area (Å²) in [6.07, 6.45) is 2.31. The Labute approximate surface area is 209 Å². The minimum absolute atomic E-state index is 0.138. The fraction of sp³-hybridized carbons (Fsp3) is 0.357. The number of halogens is 1. The van der Waals surface area contributed by atoms with Crippen molar-refractivity contribution >= 4 is 11.6 Å². The first-order valence-electron chi connectivity index (χ1n) is 12.0. The zero-order valence-corrected chi connectivity index (χ0v) is 20.0. The molecule has 0 spiro atoms. The number of nitriles is 1. The standard InChI is InChI=1S/C28H26ClN3O3/c29-23-15-25-26(31-17-23)27(33)22(18-32-10-12-34-13-11-32)14-24(20-4-2-1-3-5-20)28(27,35-25)21-8-6-19(16-30)7-9-21/h1-9,15,17,22,24,33H,10-14,18H2/t22-,24-,27-,28+/m1/s1. The van der Waals surface area contributed by atoms with E-state index < -0.39 is 11.2 Å². The van der Waals surface area contributed by atoms with Gasteiger partial charge in [0.15, 0.2) is 11.2 Å². The quantitative estimate of drug-likeness (QED) is 0.593. The predicted octanol–water partition coefficient (Wildman–Crippen LogP) is 4.22. The van der Waals surface area contributed by atoms with Gasteiger partial charge in [-0.3, -0.25) is 9.88 Å². The molecule has 7 heteroatoms. The maximum atomic E-state index is 12.9. The van der Waals surface area contributed by atoms with Gasteiger partial charge in [-0.15, -0.1) is 0 Å². The second kappa shape index (κ2) is 8.61. The highest BCUT2D eigenvalue weighted by atomic mass is 35.5. The number of benzene rings is 2. The second-order valence-electron chi connectivity index (χ2n) is 9.60. The molecule has 1 aromatic heterocycles. The highest BCUT2D eigenvalue weighted by molar-refractivity contribution is 6.30. The Morgan fingerprint density at radius 2 is 1.86 bits per heavy atom. The molecule has 1 aliphatic carbocycles. The molecular weight excluding hydrogens is 462 g/mol. The van der Waals surface area contributed by atoms with E-state index in [1.54, 1.807) is 24.4 Å². The van der Waals surface area contributed by atoms with Crippen LogP contribution in [0.3, 0.4) is 0 Å². The molecule has 4 atom stereocenters. The first-order valence-corrected chi connectivity index (χ1v) is 12.4. The number of hydrogen-bond donors (Lipinski definition) is 1. The summed E-state index contributed by atoms with van der Waals surface area (Å²) in [5, 5.41) is 22.7. The van der Waals surface area contributed by atoms with Crippen molar-refractivity contribution in [3.05, 3.63) is 94.3 Å². The van der Waals surface area contributed by atoms with E-state index in [4.69, 9.17) is 21.1 Å². The largest absolute Gasteiger partial charge is 0.476 e. The van der Waals surface area contributed by atoms with E-state index in [9.17, 15) is 10.4 Å². The lowest BCUT2D eigenvalue weighted by atomic mass is 9.71. The Hall–Kier alpha value is -2.95. The SMILES string of the molecule is N#Cc1ccc([C@@]23Oc4cc(Cl)cnc4[C@]2(O)[C@@H](CN2CCOCC2)C[C@@H]3c2ccccc2)cc1. The third-order valence-corrected chi connectivity index (χ3v) is 8.05. The molecule has 1 saturated carbocycles. The van der Waals surface area contributed by atoms with Crippen molar-refractivity contribution in [2.24, 2.45) is 5.92 Å². The van der Waals surface area contributed by atoms with Gasteiger partial charge in [0.2, 0.25) is 0 Å². The number of morpholine rings is 1. The molecular formula is C28H26ClN3O3. The van der Waals surface area contributed by atoms with Crippen LogP contribution in [0.15, 0.2) is 66.9 Å². The van der Waals surface area contributed by atoms with Crippen molar-refractivity contribution < 1.29 is 14.6 Å². The predicted molar refractivity (Wildman–Crippen MR) is 131 cm³/mol. The first-order chi connectivity index (χ1) is 17.1. The first kappa shape index (κ1) is 22.5. The lowest BCUT2D eigenvalue weighted by molar-refractivity contribution is -0.135. The summed E-state index contributed by atoms with van der Waals surface area (Å²) < 4.78 is 12.4. The average Bonchev–Trinajstić information content (AvgIpc) is 3.30. The minimum atomic E-state index is -1.39. The van der Waals surface area contributed by atoms with Gasteiger partial charge in [-0.2, -0.15) is 5.26 Å². The molecule has 0 unspecified atom stereocenters. The number of pyridine rings is 1. The van der Waals surface area contributed by atoms with Gasteiger partial charge in [-0.05, 0) is 29.7 Å². The highest BCUT2D eigenvalue weighted by Gasteiger charge is 2.73. The number of nitrogens with zero attached hydrogens (tertiary/aromatic N) is 3. The molecule has 0 radical (unpaired) electrons.